The molecule has 13 heteroatoms. The van der Waals surface area contributed by atoms with Gasteiger partial charge in [-0.3, -0.25) is 4.68 Å². The summed E-state index contributed by atoms with van der Waals surface area (Å²) in [7, 11) is -1.95. The maximum absolute atomic E-state index is 12.7. The summed E-state index contributed by atoms with van der Waals surface area (Å²) in [5.41, 5.74) is 9.94. The van der Waals surface area contributed by atoms with Gasteiger partial charge in [0.05, 0.1) is 5.69 Å². The molecule has 200 valence electrons. The Bertz CT molecular complexity index is 1340. The molecule has 0 radical (unpaired) electrons. The van der Waals surface area contributed by atoms with Gasteiger partial charge in [-0.1, -0.05) is 42.5 Å². The monoisotopic (exact) mass is 540 g/mol. The third kappa shape index (κ3) is 7.31. The lowest BCUT2D eigenvalue weighted by molar-refractivity contribution is -0.192. The highest BCUT2D eigenvalue weighted by molar-refractivity contribution is 7.89. The van der Waals surface area contributed by atoms with Gasteiger partial charge >= 0.3 is 12.1 Å². The zero-order valence-electron chi connectivity index (χ0n) is 20.1. The summed E-state index contributed by atoms with van der Waals surface area (Å²) >= 11 is 0. The van der Waals surface area contributed by atoms with Crippen LogP contribution in [0.25, 0.3) is 0 Å². The first-order valence-corrected chi connectivity index (χ1v) is 12.6. The van der Waals surface area contributed by atoms with Gasteiger partial charge < -0.3 is 15.6 Å². The van der Waals surface area contributed by atoms with Crippen molar-refractivity contribution in [2.45, 2.75) is 42.9 Å². The number of hydrogen-bond donors (Lipinski definition) is 3. The third-order valence-electron chi connectivity index (χ3n) is 5.69. The SMILES string of the molecule is Cc1nn(C)cc1S(=O)(=O)NCc1ccc2c(c1)C(Cc1ccccc1)C(N)CO2.O=C(O)C(F)(F)F. The molecule has 0 amide bonds. The largest absolute Gasteiger partial charge is 0.492 e. The number of nitrogens with one attached hydrogen (secondary N) is 1. The lowest BCUT2D eigenvalue weighted by atomic mass is 9.84. The number of carbonyl (C=O) groups is 1. The Kier molecular flexibility index (Phi) is 8.61. The fourth-order valence-corrected chi connectivity index (χ4v) is 5.12. The summed E-state index contributed by atoms with van der Waals surface area (Å²) in [4.78, 5) is 9.09. The first-order chi connectivity index (χ1) is 17.3. The number of nitrogens with two attached hydrogens (primary N) is 1. The number of hydrogen-bond acceptors (Lipinski definition) is 6. The number of fused-ring (bicyclic) bond motifs is 1. The number of carboxylic acid groups (broad SMARTS) is 1. The van der Waals surface area contributed by atoms with Gasteiger partial charge in [0, 0.05) is 31.7 Å². The average Bonchev–Trinajstić information content (AvgIpc) is 3.19. The number of carboxylic acids is 1. The molecule has 0 saturated heterocycles. The maximum atomic E-state index is 12.7. The van der Waals surface area contributed by atoms with Crippen molar-refractivity contribution in [2.24, 2.45) is 12.8 Å². The molecule has 0 spiro atoms. The molecule has 4 N–H and O–H groups in total. The van der Waals surface area contributed by atoms with Crippen LogP contribution in [0.15, 0.2) is 59.6 Å². The van der Waals surface area contributed by atoms with Crippen molar-refractivity contribution in [1.82, 2.24) is 14.5 Å². The molecule has 0 fully saturated rings. The fourth-order valence-electron chi connectivity index (χ4n) is 3.89. The molecular weight excluding hydrogens is 513 g/mol. The molecule has 0 saturated carbocycles. The van der Waals surface area contributed by atoms with E-state index in [2.05, 4.69) is 22.0 Å². The van der Waals surface area contributed by atoms with Gasteiger partial charge in [0.25, 0.3) is 0 Å². The van der Waals surface area contributed by atoms with Crippen molar-refractivity contribution in [3.05, 3.63) is 77.1 Å². The van der Waals surface area contributed by atoms with Crippen LogP contribution in [-0.4, -0.2) is 48.1 Å². The van der Waals surface area contributed by atoms with Crippen molar-refractivity contribution in [3.63, 3.8) is 0 Å². The second-order valence-electron chi connectivity index (χ2n) is 8.52. The standard InChI is InChI=1S/C22H26N4O3S.C2HF3O2/c1-15-22(13-26(2)25-15)30(27,28)24-12-17-8-9-21-19(11-17)18(20(23)14-29-21)10-16-6-4-3-5-7-16;3-2(4,5)1(6)7/h3-9,11,13,18,20,24H,10,12,14,23H2,1-2H3;(H,6,7). The molecule has 1 aliphatic rings. The quantitative estimate of drug-likeness (QED) is 0.437. The second-order valence-corrected chi connectivity index (χ2v) is 10.3. The van der Waals surface area contributed by atoms with E-state index < -0.39 is 22.2 Å². The van der Waals surface area contributed by atoms with Crippen LogP contribution in [0.1, 0.15) is 28.3 Å². The van der Waals surface area contributed by atoms with Crippen LogP contribution >= 0.6 is 0 Å². The van der Waals surface area contributed by atoms with Crippen LogP contribution in [0.2, 0.25) is 0 Å². The van der Waals surface area contributed by atoms with E-state index in [1.807, 2.05) is 36.4 Å². The molecule has 2 atom stereocenters. The van der Waals surface area contributed by atoms with E-state index in [1.165, 1.54) is 16.4 Å². The Hall–Kier alpha value is -3.42. The molecule has 2 heterocycles. The summed E-state index contributed by atoms with van der Waals surface area (Å²) in [6.07, 6.45) is -2.77. The van der Waals surface area contributed by atoms with Crippen LogP contribution in [0.5, 0.6) is 5.75 Å². The van der Waals surface area contributed by atoms with Crippen LogP contribution in [0, 0.1) is 6.92 Å². The number of rotatable bonds is 6. The Morgan fingerprint density at radius 3 is 2.43 bits per heavy atom. The molecule has 37 heavy (non-hydrogen) atoms. The van der Waals surface area contributed by atoms with Crippen molar-refractivity contribution < 1.29 is 36.2 Å². The zero-order valence-corrected chi connectivity index (χ0v) is 20.9. The highest BCUT2D eigenvalue weighted by Gasteiger charge is 2.38. The van der Waals surface area contributed by atoms with Crippen LogP contribution in [0.3, 0.4) is 0 Å². The molecule has 9 nitrogen and oxygen atoms in total. The minimum Gasteiger partial charge on any atom is -0.492 e. The lowest BCUT2D eigenvalue weighted by Crippen LogP contribution is -2.39. The number of aryl methyl sites for hydroxylation is 2. The number of aromatic nitrogens is 2. The molecule has 0 bridgehead atoms. The number of sulfonamides is 1. The highest BCUT2D eigenvalue weighted by Crippen LogP contribution is 2.36. The lowest BCUT2D eigenvalue weighted by Gasteiger charge is -2.32. The van der Waals surface area contributed by atoms with Gasteiger partial charge in [0.1, 0.15) is 17.3 Å². The fraction of sp³-hybridized carbons (Fsp3) is 0.333. The van der Waals surface area contributed by atoms with Gasteiger partial charge in [-0.2, -0.15) is 18.3 Å². The number of nitrogens with zero attached hydrogens (tertiary/aromatic N) is 2. The molecule has 3 aromatic rings. The van der Waals surface area contributed by atoms with Gasteiger partial charge in [0.15, 0.2) is 0 Å². The van der Waals surface area contributed by atoms with Crippen LogP contribution in [0.4, 0.5) is 13.2 Å². The molecule has 2 aromatic carbocycles. The van der Waals surface area contributed by atoms with E-state index in [0.717, 1.165) is 23.3 Å². The zero-order chi connectivity index (χ0) is 27.4. The molecule has 1 aromatic heterocycles. The van der Waals surface area contributed by atoms with E-state index in [-0.39, 0.29) is 23.4 Å². The minimum absolute atomic E-state index is 0.105. The summed E-state index contributed by atoms with van der Waals surface area (Å²) in [5.74, 6) is -1.84. The summed E-state index contributed by atoms with van der Waals surface area (Å²) in [5, 5.41) is 11.2. The van der Waals surface area contributed by atoms with Crippen molar-refractivity contribution in [2.75, 3.05) is 6.61 Å². The van der Waals surface area contributed by atoms with Crippen molar-refractivity contribution in [3.8, 4) is 5.75 Å². The molecule has 2 unspecified atom stereocenters. The van der Waals surface area contributed by atoms with E-state index in [9.17, 15) is 21.6 Å². The smallest absolute Gasteiger partial charge is 0.490 e. The molecule has 4 rings (SSSR count). The van der Waals surface area contributed by atoms with Crippen molar-refractivity contribution >= 4 is 16.0 Å². The number of benzene rings is 2. The summed E-state index contributed by atoms with van der Waals surface area (Å²) in [6.45, 7) is 2.33. The summed E-state index contributed by atoms with van der Waals surface area (Å²) < 4.78 is 67.1. The van der Waals surface area contributed by atoms with Gasteiger partial charge in [-0.25, -0.2) is 17.9 Å². The first kappa shape index (κ1) is 28.2. The average molecular weight is 541 g/mol. The maximum Gasteiger partial charge on any atom is 0.490 e. The Morgan fingerprint density at radius 1 is 1.22 bits per heavy atom. The molecule has 0 aliphatic carbocycles. The Balaban J connectivity index is 0.000000479. The number of ether oxygens (including phenoxy) is 1. The first-order valence-electron chi connectivity index (χ1n) is 11.1. The van der Waals surface area contributed by atoms with E-state index in [4.69, 9.17) is 20.4 Å². The number of halogens is 3. The molecular formula is C24H27F3N4O5S. The minimum atomic E-state index is -5.08. The van der Waals surface area contributed by atoms with Gasteiger partial charge in [0.2, 0.25) is 10.0 Å². The van der Waals surface area contributed by atoms with E-state index in [1.54, 1.807) is 14.0 Å². The normalized spacial score (nSPS) is 17.2. The Morgan fingerprint density at radius 2 is 1.86 bits per heavy atom. The van der Waals surface area contributed by atoms with Crippen molar-refractivity contribution in [1.29, 1.82) is 0 Å². The summed E-state index contributed by atoms with van der Waals surface area (Å²) in [6, 6.07) is 15.9. The third-order valence-corrected chi connectivity index (χ3v) is 7.19. The van der Waals surface area contributed by atoms with Gasteiger partial charge in [-0.05, 0) is 36.1 Å². The Labute approximate surface area is 212 Å². The number of aliphatic carboxylic acids is 1. The van der Waals surface area contributed by atoms with Gasteiger partial charge in [-0.15, -0.1) is 0 Å². The van der Waals surface area contributed by atoms with Crippen LogP contribution in [-0.2, 0) is 34.8 Å². The highest BCUT2D eigenvalue weighted by atomic mass is 32.2. The topological polar surface area (TPSA) is 137 Å². The second kappa shape index (κ2) is 11.3. The predicted octanol–water partition coefficient (Wildman–Crippen LogP) is 2.89. The number of alkyl halides is 3. The van der Waals surface area contributed by atoms with Crippen LogP contribution < -0.4 is 15.2 Å². The predicted molar refractivity (Wildman–Crippen MR) is 128 cm³/mol. The molecule has 1 aliphatic heterocycles. The van der Waals surface area contributed by atoms with E-state index >= 15 is 0 Å². The van der Waals surface area contributed by atoms with E-state index in [0.29, 0.717) is 12.3 Å².